The zero-order valence-electron chi connectivity index (χ0n) is 8.31. The van der Waals surface area contributed by atoms with Gasteiger partial charge in [-0.15, -0.1) is 0 Å². The van der Waals surface area contributed by atoms with Crippen molar-refractivity contribution in [2.75, 3.05) is 5.43 Å². The van der Waals surface area contributed by atoms with Crippen molar-refractivity contribution in [1.82, 2.24) is 15.0 Å². The number of anilines is 1. The fourth-order valence-electron chi connectivity index (χ4n) is 1.29. The molecule has 0 saturated heterocycles. The number of pyridine rings is 1. The van der Waals surface area contributed by atoms with Gasteiger partial charge in [0.05, 0.1) is 0 Å². The zero-order chi connectivity index (χ0) is 10.7. The van der Waals surface area contributed by atoms with Gasteiger partial charge in [0.15, 0.2) is 5.82 Å². The van der Waals surface area contributed by atoms with Crippen LogP contribution in [0.3, 0.4) is 0 Å². The normalized spacial score (nSPS) is 10.0. The summed E-state index contributed by atoms with van der Waals surface area (Å²) in [5.74, 6) is 6.52. The summed E-state index contributed by atoms with van der Waals surface area (Å²) in [7, 11) is 0. The molecule has 0 spiro atoms. The summed E-state index contributed by atoms with van der Waals surface area (Å²) in [6, 6.07) is 3.59. The second kappa shape index (κ2) is 4.02. The molecule has 3 N–H and O–H groups in total. The van der Waals surface area contributed by atoms with Gasteiger partial charge in [-0.2, -0.15) is 0 Å². The maximum Gasteiger partial charge on any atom is 0.161 e. The van der Waals surface area contributed by atoms with Gasteiger partial charge in [-0.05, 0) is 18.6 Å². The molecular formula is C10H11N5. The van der Waals surface area contributed by atoms with Gasteiger partial charge >= 0.3 is 0 Å². The molecule has 2 aromatic heterocycles. The lowest BCUT2D eigenvalue weighted by Crippen LogP contribution is -2.09. The topological polar surface area (TPSA) is 76.7 Å². The van der Waals surface area contributed by atoms with E-state index in [0.717, 1.165) is 11.1 Å². The molecule has 15 heavy (non-hydrogen) atoms. The van der Waals surface area contributed by atoms with Crippen molar-refractivity contribution < 1.29 is 0 Å². The molecule has 0 radical (unpaired) electrons. The first kappa shape index (κ1) is 9.54. The van der Waals surface area contributed by atoms with Crippen LogP contribution in [0.4, 0.5) is 5.82 Å². The maximum atomic E-state index is 5.28. The summed E-state index contributed by atoms with van der Waals surface area (Å²) in [6.07, 6.45) is 5.16. The lowest BCUT2D eigenvalue weighted by molar-refractivity contribution is 1.13. The van der Waals surface area contributed by atoms with Crippen LogP contribution < -0.4 is 11.3 Å². The summed E-state index contributed by atoms with van der Waals surface area (Å²) >= 11 is 0. The van der Waals surface area contributed by atoms with Crippen LogP contribution in [0, 0.1) is 6.92 Å². The molecule has 0 unspecified atom stereocenters. The molecule has 0 bridgehead atoms. The standard InChI is InChI=1S/C10H11N5/c1-7-6-12-4-2-8(7)10-13-5-3-9(14-10)15-11/h2-6H,11H2,1H3,(H,13,14,15). The Morgan fingerprint density at radius 1 is 1.27 bits per heavy atom. The number of nitrogens with two attached hydrogens (primary N) is 1. The monoisotopic (exact) mass is 201 g/mol. The van der Waals surface area contributed by atoms with Crippen molar-refractivity contribution in [2.45, 2.75) is 6.92 Å². The first-order valence-electron chi connectivity index (χ1n) is 4.52. The van der Waals surface area contributed by atoms with E-state index in [1.165, 1.54) is 0 Å². The second-order valence-corrected chi connectivity index (χ2v) is 3.10. The number of aromatic nitrogens is 3. The Labute approximate surface area is 87.4 Å². The van der Waals surface area contributed by atoms with Crippen LogP contribution in [0.25, 0.3) is 11.4 Å². The van der Waals surface area contributed by atoms with Gasteiger partial charge in [0.25, 0.3) is 0 Å². The van der Waals surface area contributed by atoms with Crippen LogP contribution in [0.5, 0.6) is 0 Å². The summed E-state index contributed by atoms with van der Waals surface area (Å²) < 4.78 is 0. The number of aryl methyl sites for hydroxylation is 1. The van der Waals surface area contributed by atoms with Crippen molar-refractivity contribution in [1.29, 1.82) is 0 Å². The van der Waals surface area contributed by atoms with Crippen LogP contribution >= 0.6 is 0 Å². The minimum Gasteiger partial charge on any atom is -0.308 e. The first-order chi connectivity index (χ1) is 7.31. The zero-order valence-corrected chi connectivity index (χ0v) is 8.31. The largest absolute Gasteiger partial charge is 0.308 e. The molecule has 0 aliphatic heterocycles. The highest BCUT2D eigenvalue weighted by Gasteiger charge is 2.04. The van der Waals surface area contributed by atoms with Crippen LogP contribution in [-0.4, -0.2) is 15.0 Å². The van der Waals surface area contributed by atoms with Gasteiger partial charge in [0, 0.05) is 30.2 Å². The van der Waals surface area contributed by atoms with Crippen LogP contribution in [0.15, 0.2) is 30.7 Å². The third-order valence-electron chi connectivity index (χ3n) is 2.06. The Kier molecular flexibility index (Phi) is 2.55. The molecule has 76 valence electrons. The number of hydrazine groups is 1. The highest BCUT2D eigenvalue weighted by Crippen LogP contribution is 2.18. The van der Waals surface area contributed by atoms with E-state index in [4.69, 9.17) is 5.84 Å². The van der Waals surface area contributed by atoms with Gasteiger partial charge in [0.1, 0.15) is 5.82 Å². The Morgan fingerprint density at radius 2 is 2.13 bits per heavy atom. The van der Waals surface area contributed by atoms with Crippen LogP contribution in [0.1, 0.15) is 5.56 Å². The fourth-order valence-corrected chi connectivity index (χ4v) is 1.29. The van der Waals surface area contributed by atoms with Crippen molar-refractivity contribution in [3.63, 3.8) is 0 Å². The number of hydrogen-bond acceptors (Lipinski definition) is 5. The summed E-state index contributed by atoms with van der Waals surface area (Å²) in [5, 5.41) is 0. The van der Waals surface area contributed by atoms with Gasteiger partial charge in [0.2, 0.25) is 0 Å². The van der Waals surface area contributed by atoms with E-state index in [0.29, 0.717) is 11.6 Å². The fraction of sp³-hybridized carbons (Fsp3) is 0.100. The van der Waals surface area contributed by atoms with E-state index in [-0.39, 0.29) is 0 Å². The summed E-state index contributed by atoms with van der Waals surface area (Å²) in [5.41, 5.74) is 4.48. The second-order valence-electron chi connectivity index (χ2n) is 3.10. The molecule has 0 aliphatic carbocycles. The summed E-state index contributed by atoms with van der Waals surface area (Å²) in [4.78, 5) is 12.4. The quantitative estimate of drug-likeness (QED) is 0.562. The molecule has 0 fully saturated rings. The molecule has 0 aromatic carbocycles. The molecule has 2 aromatic rings. The van der Waals surface area contributed by atoms with E-state index in [1.54, 1.807) is 24.7 Å². The molecular weight excluding hydrogens is 190 g/mol. The van der Waals surface area contributed by atoms with Gasteiger partial charge in [-0.1, -0.05) is 0 Å². The van der Waals surface area contributed by atoms with E-state index in [9.17, 15) is 0 Å². The summed E-state index contributed by atoms with van der Waals surface area (Å²) in [6.45, 7) is 1.97. The van der Waals surface area contributed by atoms with Gasteiger partial charge in [-0.25, -0.2) is 15.8 Å². The number of nitrogens with one attached hydrogen (secondary N) is 1. The lowest BCUT2D eigenvalue weighted by atomic mass is 10.1. The minimum absolute atomic E-state index is 0.594. The Hall–Kier alpha value is -2.01. The number of hydrogen-bond donors (Lipinski definition) is 2. The molecule has 0 aliphatic rings. The third kappa shape index (κ3) is 1.92. The molecule has 5 heteroatoms. The average molecular weight is 201 g/mol. The molecule has 0 saturated carbocycles. The van der Waals surface area contributed by atoms with Gasteiger partial charge < -0.3 is 5.43 Å². The predicted octanol–water partition coefficient (Wildman–Crippen LogP) is 1.13. The minimum atomic E-state index is 0.594. The Balaban J connectivity index is 2.49. The van der Waals surface area contributed by atoms with Gasteiger partial charge in [-0.3, -0.25) is 4.98 Å². The third-order valence-corrected chi connectivity index (χ3v) is 2.06. The van der Waals surface area contributed by atoms with Crippen molar-refractivity contribution >= 4 is 5.82 Å². The van der Waals surface area contributed by atoms with E-state index in [2.05, 4.69) is 20.4 Å². The Morgan fingerprint density at radius 3 is 2.87 bits per heavy atom. The average Bonchev–Trinajstić information content (AvgIpc) is 2.30. The molecule has 0 atom stereocenters. The number of rotatable bonds is 2. The predicted molar refractivity (Wildman–Crippen MR) is 57.8 cm³/mol. The van der Waals surface area contributed by atoms with E-state index < -0.39 is 0 Å². The molecule has 0 amide bonds. The highest BCUT2D eigenvalue weighted by molar-refractivity contribution is 5.60. The highest BCUT2D eigenvalue weighted by atomic mass is 15.3. The van der Waals surface area contributed by atoms with E-state index >= 15 is 0 Å². The lowest BCUT2D eigenvalue weighted by Gasteiger charge is -2.04. The first-order valence-corrected chi connectivity index (χ1v) is 4.52. The number of nitrogen functional groups attached to an aromatic ring is 1. The maximum absolute atomic E-state index is 5.28. The smallest absolute Gasteiger partial charge is 0.161 e. The van der Waals surface area contributed by atoms with Crippen LogP contribution in [-0.2, 0) is 0 Å². The SMILES string of the molecule is Cc1cnccc1-c1nccc(NN)n1. The number of nitrogens with zero attached hydrogens (tertiary/aromatic N) is 3. The van der Waals surface area contributed by atoms with Crippen LogP contribution in [0.2, 0.25) is 0 Å². The molecule has 2 rings (SSSR count). The molecule has 2 heterocycles. The van der Waals surface area contributed by atoms with Crippen molar-refractivity contribution in [2.24, 2.45) is 5.84 Å². The van der Waals surface area contributed by atoms with Crippen molar-refractivity contribution in [3.8, 4) is 11.4 Å². The van der Waals surface area contributed by atoms with Crippen molar-refractivity contribution in [3.05, 3.63) is 36.3 Å². The Bertz CT molecular complexity index is 469. The molecule has 5 nitrogen and oxygen atoms in total. The van der Waals surface area contributed by atoms with E-state index in [1.807, 2.05) is 13.0 Å².